The Kier molecular flexibility index (Phi) is 3.35. The van der Waals surface area contributed by atoms with E-state index in [0.717, 1.165) is 0 Å². The summed E-state index contributed by atoms with van der Waals surface area (Å²) in [5.74, 6) is -2.19. The van der Waals surface area contributed by atoms with Crippen molar-refractivity contribution >= 4 is 5.97 Å². The largest absolute Gasteiger partial charge is 0.508 e. The van der Waals surface area contributed by atoms with Crippen LogP contribution in [0.2, 0.25) is 0 Å². The molecule has 102 valence electrons. The van der Waals surface area contributed by atoms with Crippen molar-refractivity contribution < 1.29 is 20.1 Å². The molecular formula is C13H16N2O4. The van der Waals surface area contributed by atoms with E-state index in [1.54, 1.807) is 0 Å². The van der Waals surface area contributed by atoms with Crippen LogP contribution in [-0.2, 0) is 4.79 Å². The zero-order chi connectivity index (χ0) is 14.2. The second-order valence-electron chi connectivity index (χ2n) is 4.65. The van der Waals surface area contributed by atoms with Gasteiger partial charge in [0, 0.05) is 24.1 Å². The molecule has 6 heteroatoms. The number of hydrogen-bond acceptors (Lipinski definition) is 5. The minimum Gasteiger partial charge on any atom is -0.508 e. The van der Waals surface area contributed by atoms with Crippen molar-refractivity contribution in [1.82, 2.24) is 5.32 Å². The van der Waals surface area contributed by atoms with E-state index in [1.165, 1.54) is 24.4 Å². The van der Waals surface area contributed by atoms with Gasteiger partial charge in [-0.05, 0) is 23.9 Å². The van der Waals surface area contributed by atoms with Gasteiger partial charge in [0.2, 0.25) is 0 Å². The number of nitrogens with two attached hydrogens (primary N) is 1. The van der Waals surface area contributed by atoms with Crippen LogP contribution in [0.15, 0.2) is 31.0 Å². The zero-order valence-corrected chi connectivity index (χ0v) is 10.2. The van der Waals surface area contributed by atoms with Gasteiger partial charge in [-0.15, -0.1) is 0 Å². The number of carboxylic acids is 1. The van der Waals surface area contributed by atoms with Crippen LogP contribution in [-0.4, -0.2) is 33.4 Å². The summed E-state index contributed by atoms with van der Waals surface area (Å²) in [5.41, 5.74) is 6.50. The maximum absolute atomic E-state index is 11.1. The quantitative estimate of drug-likeness (QED) is 0.535. The van der Waals surface area contributed by atoms with E-state index in [0.29, 0.717) is 5.56 Å². The van der Waals surface area contributed by atoms with E-state index in [1.807, 2.05) is 0 Å². The van der Waals surface area contributed by atoms with Crippen molar-refractivity contribution in [3.8, 4) is 11.5 Å². The number of phenolic OH excluding ortho intramolecular Hbond substituents is 2. The average Bonchev–Trinajstić information content (AvgIpc) is 2.26. The molecule has 2 rings (SSSR count). The molecular weight excluding hydrogens is 248 g/mol. The van der Waals surface area contributed by atoms with Crippen LogP contribution in [0.3, 0.4) is 0 Å². The smallest absolute Gasteiger partial charge is 0.310 e. The second-order valence-corrected chi connectivity index (χ2v) is 4.65. The van der Waals surface area contributed by atoms with Crippen molar-refractivity contribution in [2.24, 2.45) is 11.7 Å². The van der Waals surface area contributed by atoms with Crippen molar-refractivity contribution in [1.29, 1.82) is 0 Å². The van der Waals surface area contributed by atoms with E-state index >= 15 is 0 Å². The van der Waals surface area contributed by atoms with Gasteiger partial charge in [-0.1, -0.05) is 6.58 Å². The first kappa shape index (κ1) is 13.2. The van der Waals surface area contributed by atoms with Crippen LogP contribution in [0.5, 0.6) is 11.5 Å². The standard InChI is InChI=1S/C13H16N2O4/c1-2-15-12-9(11(14)10(12)13(18)19)6-3-7(16)5-8(17)4-6/h2-5,9-12,15-17H,1,14H2,(H,18,19). The number of carbonyl (C=O) groups is 1. The summed E-state index contributed by atoms with van der Waals surface area (Å²) in [6, 6.07) is 3.15. The Hall–Kier alpha value is -2.21. The number of nitrogens with one attached hydrogen (secondary N) is 1. The van der Waals surface area contributed by atoms with Gasteiger partial charge in [-0.3, -0.25) is 4.79 Å². The third kappa shape index (κ3) is 2.22. The Morgan fingerprint density at radius 1 is 1.32 bits per heavy atom. The van der Waals surface area contributed by atoms with E-state index in [9.17, 15) is 15.0 Å². The van der Waals surface area contributed by atoms with Crippen LogP contribution < -0.4 is 11.1 Å². The van der Waals surface area contributed by atoms with E-state index in [4.69, 9.17) is 10.8 Å². The molecule has 0 aromatic heterocycles. The lowest BCUT2D eigenvalue weighted by Gasteiger charge is -2.48. The predicted molar refractivity (Wildman–Crippen MR) is 68.7 cm³/mol. The minimum absolute atomic E-state index is 0.0849. The number of phenols is 2. The summed E-state index contributed by atoms with van der Waals surface area (Å²) in [6.45, 7) is 3.52. The molecule has 0 bridgehead atoms. The highest BCUT2D eigenvalue weighted by Gasteiger charge is 2.53. The fourth-order valence-corrected chi connectivity index (χ4v) is 2.68. The van der Waals surface area contributed by atoms with E-state index < -0.39 is 24.0 Å². The van der Waals surface area contributed by atoms with Gasteiger partial charge < -0.3 is 26.4 Å². The zero-order valence-electron chi connectivity index (χ0n) is 10.2. The van der Waals surface area contributed by atoms with Crippen molar-refractivity contribution in [2.75, 3.05) is 0 Å². The Balaban J connectivity index is 2.32. The van der Waals surface area contributed by atoms with Crippen LogP contribution in [0.1, 0.15) is 11.5 Å². The Morgan fingerprint density at radius 3 is 2.37 bits per heavy atom. The van der Waals surface area contributed by atoms with Gasteiger partial charge in [0.05, 0.1) is 5.92 Å². The van der Waals surface area contributed by atoms with Crippen LogP contribution in [0, 0.1) is 5.92 Å². The maximum atomic E-state index is 11.1. The molecule has 1 fully saturated rings. The maximum Gasteiger partial charge on any atom is 0.310 e. The van der Waals surface area contributed by atoms with Gasteiger partial charge in [-0.2, -0.15) is 0 Å². The summed E-state index contributed by atoms with van der Waals surface area (Å²) in [4.78, 5) is 11.1. The summed E-state index contributed by atoms with van der Waals surface area (Å²) < 4.78 is 0. The molecule has 19 heavy (non-hydrogen) atoms. The molecule has 0 heterocycles. The molecule has 0 aliphatic heterocycles. The number of benzene rings is 1. The third-order valence-corrected chi connectivity index (χ3v) is 3.51. The molecule has 0 amide bonds. The summed E-state index contributed by atoms with van der Waals surface area (Å²) in [6.07, 6.45) is 1.42. The molecule has 1 aromatic rings. The van der Waals surface area contributed by atoms with Crippen LogP contribution >= 0.6 is 0 Å². The first-order chi connectivity index (χ1) is 8.95. The van der Waals surface area contributed by atoms with E-state index in [-0.39, 0.29) is 17.4 Å². The minimum atomic E-state index is -0.979. The lowest BCUT2D eigenvalue weighted by molar-refractivity contribution is -0.147. The second kappa shape index (κ2) is 4.81. The highest BCUT2D eigenvalue weighted by atomic mass is 16.4. The normalized spacial score (nSPS) is 29.3. The van der Waals surface area contributed by atoms with Crippen molar-refractivity contribution in [3.63, 3.8) is 0 Å². The Morgan fingerprint density at radius 2 is 1.89 bits per heavy atom. The van der Waals surface area contributed by atoms with Crippen LogP contribution in [0.4, 0.5) is 0 Å². The molecule has 1 aliphatic carbocycles. The first-order valence-electron chi connectivity index (χ1n) is 5.84. The van der Waals surface area contributed by atoms with Crippen LogP contribution in [0.25, 0.3) is 0 Å². The highest BCUT2D eigenvalue weighted by molar-refractivity contribution is 5.74. The molecule has 4 unspecified atom stereocenters. The van der Waals surface area contributed by atoms with Gasteiger partial charge in [0.1, 0.15) is 11.5 Å². The number of aliphatic carboxylic acids is 1. The van der Waals surface area contributed by atoms with E-state index in [2.05, 4.69) is 11.9 Å². The average molecular weight is 264 g/mol. The molecule has 6 N–H and O–H groups in total. The molecule has 0 spiro atoms. The monoisotopic (exact) mass is 264 g/mol. The van der Waals surface area contributed by atoms with Crippen molar-refractivity contribution in [2.45, 2.75) is 18.0 Å². The number of aromatic hydroxyl groups is 2. The molecule has 0 radical (unpaired) electrons. The lowest BCUT2D eigenvalue weighted by atomic mass is 9.62. The fourth-order valence-electron chi connectivity index (χ4n) is 2.68. The summed E-state index contributed by atoms with van der Waals surface area (Å²) in [7, 11) is 0. The SMILES string of the molecule is C=CNC1C(C(=O)O)C(N)C1c1cc(O)cc(O)c1. The Bertz CT molecular complexity index is 497. The third-order valence-electron chi connectivity index (χ3n) is 3.51. The van der Waals surface area contributed by atoms with Gasteiger partial charge in [-0.25, -0.2) is 0 Å². The molecule has 1 saturated carbocycles. The van der Waals surface area contributed by atoms with Gasteiger partial charge in [0.15, 0.2) is 0 Å². The summed E-state index contributed by atoms with van der Waals surface area (Å²) >= 11 is 0. The van der Waals surface area contributed by atoms with Gasteiger partial charge >= 0.3 is 5.97 Å². The molecule has 6 nitrogen and oxygen atoms in total. The molecule has 1 aromatic carbocycles. The first-order valence-corrected chi connectivity index (χ1v) is 5.84. The van der Waals surface area contributed by atoms with Crippen molar-refractivity contribution in [3.05, 3.63) is 36.5 Å². The highest BCUT2D eigenvalue weighted by Crippen LogP contribution is 2.43. The number of carboxylic acid groups (broad SMARTS) is 1. The number of hydrogen-bond donors (Lipinski definition) is 5. The molecule has 1 aliphatic rings. The molecule has 4 atom stereocenters. The topological polar surface area (TPSA) is 116 Å². The Labute approximate surface area is 110 Å². The predicted octanol–water partition coefficient (Wildman–Crippen LogP) is 0.325. The lowest BCUT2D eigenvalue weighted by Crippen LogP contribution is -2.65. The molecule has 0 saturated heterocycles. The fraction of sp³-hybridized carbons (Fsp3) is 0.308. The van der Waals surface area contributed by atoms with Gasteiger partial charge in [0.25, 0.3) is 0 Å². The summed E-state index contributed by atoms with van der Waals surface area (Å²) in [5, 5.41) is 31.0. The number of rotatable bonds is 4.